The maximum Gasteiger partial charge on any atom is 0.346 e. The van der Waals surface area contributed by atoms with Gasteiger partial charge in [-0.25, -0.2) is 4.98 Å². The third kappa shape index (κ3) is 3.40. The molecule has 0 amide bonds. The Morgan fingerprint density at radius 2 is 1.92 bits per heavy atom. The van der Waals surface area contributed by atoms with E-state index in [1.807, 2.05) is 0 Å². The minimum atomic E-state index is -4.48. The molecule has 0 N–H and O–H groups in total. The molecule has 0 bridgehead atoms. The van der Waals surface area contributed by atoms with Gasteiger partial charge in [0.05, 0.1) is 4.92 Å². The van der Waals surface area contributed by atoms with Gasteiger partial charge in [-0.3, -0.25) is 10.1 Å². The molecule has 0 aliphatic rings. The van der Waals surface area contributed by atoms with E-state index in [0.717, 1.165) is 12.1 Å². The number of hydrogen-bond donors (Lipinski definition) is 0. The summed E-state index contributed by atoms with van der Waals surface area (Å²) < 4.78 is 30.3. The molecular weight excluding hydrogens is 368 g/mol. The monoisotopic (exact) mass is 378 g/mol. The van der Waals surface area contributed by atoms with E-state index in [2.05, 4.69) is 4.98 Å². The number of nitrogens with zero attached hydrogens (tertiary/aromatic N) is 2. The third-order valence-corrected chi connectivity index (χ3v) is 4.91. The van der Waals surface area contributed by atoms with Crippen LogP contribution in [-0.4, -0.2) is 18.3 Å². The van der Waals surface area contributed by atoms with Crippen molar-refractivity contribution < 1.29 is 17.5 Å². The fourth-order valence-electron chi connectivity index (χ4n) is 2.29. The van der Waals surface area contributed by atoms with E-state index >= 15 is 0 Å². The van der Waals surface area contributed by atoms with Crippen LogP contribution in [-0.2, 0) is 10.1 Å². The number of aryl methyl sites for hydroxylation is 1. The van der Waals surface area contributed by atoms with Gasteiger partial charge in [-0.15, -0.1) is 0 Å². The van der Waals surface area contributed by atoms with Crippen molar-refractivity contribution >= 4 is 38.3 Å². The van der Waals surface area contributed by atoms with Gasteiger partial charge in [-0.1, -0.05) is 29.8 Å². The Balaban J connectivity index is 2.14. The molecule has 0 saturated heterocycles. The first kappa shape index (κ1) is 17.1. The van der Waals surface area contributed by atoms with E-state index in [1.165, 1.54) is 12.1 Å². The van der Waals surface area contributed by atoms with Crippen molar-refractivity contribution in [3.05, 3.63) is 69.4 Å². The zero-order valence-corrected chi connectivity index (χ0v) is 14.4. The minimum absolute atomic E-state index is 0.0181. The van der Waals surface area contributed by atoms with Crippen LogP contribution >= 0.6 is 11.6 Å². The third-order valence-electron chi connectivity index (χ3n) is 3.41. The Kier molecular flexibility index (Phi) is 4.32. The number of rotatable bonds is 4. The van der Waals surface area contributed by atoms with Crippen LogP contribution in [0.5, 0.6) is 5.75 Å². The van der Waals surface area contributed by atoms with E-state index in [9.17, 15) is 18.5 Å². The van der Waals surface area contributed by atoms with E-state index in [-0.39, 0.29) is 10.8 Å². The van der Waals surface area contributed by atoms with E-state index in [4.69, 9.17) is 15.8 Å². The van der Waals surface area contributed by atoms with Crippen LogP contribution in [0.1, 0.15) is 5.69 Å². The maximum absolute atomic E-state index is 12.6. The number of pyridine rings is 1. The Bertz CT molecular complexity index is 1100. The summed E-state index contributed by atoms with van der Waals surface area (Å²) in [5.74, 6) is -0.0181. The van der Waals surface area contributed by atoms with Crippen molar-refractivity contribution in [3.8, 4) is 5.75 Å². The largest absolute Gasteiger partial charge is 0.376 e. The molecule has 0 unspecified atom stereocenters. The molecule has 0 spiro atoms. The number of nitro groups is 1. The van der Waals surface area contributed by atoms with Crippen LogP contribution < -0.4 is 4.18 Å². The van der Waals surface area contributed by atoms with Crippen LogP contribution in [0.15, 0.2) is 53.4 Å². The Morgan fingerprint density at radius 3 is 2.64 bits per heavy atom. The first-order valence-electron chi connectivity index (χ1n) is 7.03. The molecule has 1 heterocycles. The van der Waals surface area contributed by atoms with Gasteiger partial charge in [-0.05, 0) is 31.2 Å². The molecule has 3 rings (SSSR count). The number of benzene rings is 2. The molecule has 128 valence electrons. The molecule has 0 fully saturated rings. The summed E-state index contributed by atoms with van der Waals surface area (Å²) in [6.45, 7) is 1.76. The van der Waals surface area contributed by atoms with Gasteiger partial charge in [0.2, 0.25) is 0 Å². The molecule has 2 aromatic carbocycles. The van der Waals surface area contributed by atoms with Gasteiger partial charge in [0, 0.05) is 22.2 Å². The fraction of sp³-hybridized carbons (Fsp3) is 0.0625. The summed E-state index contributed by atoms with van der Waals surface area (Å²) in [6, 6.07) is 11.6. The van der Waals surface area contributed by atoms with Crippen LogP contribution in [0, 0.1) is 17.0 Å². The van der Waals surface area contributed by atoms with Gasteiger partial charge in [0.1, 0.15) is 5.52 Å². The Hall–Kier alpha value is -2.71. The maximum atomic E-state index is 12.6. The average molecular weight is 379 g/mol. The SMILES string of the molecule is Cc1ccc2cccc(OS(=O)(=O)c3cc(Cl)ccc3[N+](=O)[O-])c2n1. The molecule has 3 aromatic rings. The van der Waals surface area contributed by atoms with Crippen LogP contribution in [0.3, 0.4) is 0 Å². The Labute approximate surface area is 148 Å². The summed E-state index contributed by atoms with van der Waals surface area (Å²) in [7, 11) is -4.48. The highest BCUT2D eigenvalue weighted by Gasteiger charge is 2.28. The summed E-state index contributed by atoms with van der Waals surface area (Å²) in [5.41, 5.74) is 0.402. The molecule has 0 aliphatic heterocycles. The van der Waals surface area contributed by atoms with Gasteiger partial charge in [0.25, 0.3) is 5.69 Å². The van der Waals surface area contributed by atoms with E-state index in [1.54, 1.807) is 31.2 Å². The summed E-state index contributed by atoms with van der Waals surface area (Å²) in [4.78, 5) is 14.0. The lowest BCUT2D eigenvalue weighted by Crippen LogP contribution is -2.12. The second kappa shape index (κ2) is 6.30. The molecule has 0 radical (unpaired) electrons. The standard InChI is InChI=1S/C16H11ClN2O5S/c1-10-5-6-11-3-2-4-14(16(11)18-10)24-25(22,23)15-9-12(17)7-8-13(15)19(20)21/h2-9H,1H3. The van der Waals surface area contributed by atoms with Gasteiger partial charge in [0.15, 0.2) is 10.6 Å². The molecule has 25 heavy (non-hydrogen) atoms. The normalized spacial score (nSPS) is 11.4. The first-order chi connectivity index (χ1) is 11.8. The topological polar surface area (TPSA) is 99.4 Å². The minimum Gasteiger partial charge on any atom is -0.376 e. The van der Waals surface area contributed by atoms with Gasteiger partial charge in [-0.2, -0.15) is 8.42 Å². The molecule has 0 atom stereocenters. The fourth-order valence-corrected chi connectivity index (χ4v) is 3.65. The van der Waals surface area contributed by atoms with Crippen molar-refractivity contribution in [1.29, 1.82) is 0 Å². The average Bonchev–Trinajstić information content (AvgIpc) is 2.55. The molecular formula is C16H11ClN2O5S. The predicted octanol–water partition coefficient (Wildman–Crippen LogP) is 3.87. The highest BCUT2D eigenvalue weighted by molar-refractivity contribution is 7.87. The molecule has 0 aliphatic carbocycles. The summed E-state index contributed by atoms with van der Waals surface area (Å²) in [5, 5.41) is 11.8. The van der Waals surface area contributed by atoms with E-state index < -0.39 is 25.6 Å². The smallest absolute Gasteiger partial charge is 0.346 e. The quantitative estimate of drug-likeness (QED) is 0.388. The predicted molar refractivity (Wildman–Crippen MR) is 92.4 cm³/mol. The van der Waals surface area contributed by atoms with Crippen molar-refractivity contribution in [2.75, 3.05) is 0 Å². The number of para-hydroxylation sites is 1. The second-order valence-corrected chi connectivity index (χ2v) is 7.14. The van der Waals surface area contributed by atoms with Gasteiger partial charge >= 0.3 is 10.1 Å². The Morgan fingerprint density at radius 1 is 1.16 bits per heavy atom. The molecule has 0 saturated carbocycles. The number of hydrogen-bond acceptors (Lipinski definition) is 6. The highest BCUT2D eigenvalue weighted by atomic mass is 35.5. The molecule has 7 nitrogen and oxygen atoms in total. The number of halogens is 1. The van der Waals surface area contributed by atoms with Crippen molar-refractivity contribution in [1.82, 2.24) is 4.98 Å². The number of aromatic nitrogens is 1. The lowest BCUT2D eigenvalue weighted by atomic mass is 10.2. The summed E-state index contributed by atoms with van der Waals surface area (Å²) in [6.07, 6.45) is 0. The second-order valence-electron chi connectivity index (χ2n) is 5.19. The van der Waals surface area contributed by atoms with E-state index in [0.29, 0.717) is 16.6 Å². The van der Waals surface area contributed by atoms with Crippen LogP contribution in [0.2, 0.25) is 5.02 Å². The molecule has 9 heteroatoms. The van der Waals surface area contributed by atoms with Crippen LogP contribution in [0.4, 0.5) is 5.69 Å². The molecule has 1 aromatic heterocycles. The number of nitro benzene ring substituents is 1. The van der Waals surface area contributed by atoms with Crippen molar-refractivity contribution in [2.45, 2.75) is 11.8 Å². The summed E-state index contributed by atoms with van der Waals surface area (Å²) >= 11 is 5.79. The zero-order chi connectivity index (χ0) is 18.2. The lowest BCUT2D eigenvalue weighted by molar-refractivity contribution is -0.387. The van der Waals surface area contributed by atoms with Crippen molar-refractivity contribution in [2.24, 2.45) is 0 Å². The van der Waals surface area contributed by atoms with Crippen LogP contribution in [0.25, 0.3) is 10.9 Å². The van der Waals surface area contributed by atoms with Crippen molar-refractivity contribution in [3.63, 3.8) is 0 Å². The number of fused-ring (bicyclic) bond motifs is 1. The lowest BCUT2D eigenvalue weighted by Gasteiger charge is -2.10. The zero-order valence-electron chi connectivity index (χ0n) is 12.8. The highest BCUT2D eigenvalue weighted by Crippen LogP contribution is 2.32. The first-order valence-corrected chi connectivity index (χ1v) is 8.81. The van der Waals surface area contributed by atoms with Gasteiger partial charge < -0.3 is 4.18 Å².